The minimum atomic E-state index is -0.334. The Morgan fingerprint density at radius 3 is 2.71 bits per heavy atom. The van der Waals surface area contributed by atoms with E-state index in [2.05, 4.69) is 36.8 Å². The summed E-state index contributed by atoms with van der Waals surface area (Å²) in [6.07, 6.45) is 1.49. The van der Waals surface area contributed by atoms with Gasteiger partial charge in [-0.25, -0.2) is 4.39 Å². The lowest BCUT2D eigenvalue weighted by atomic mass is 10.2. The Hall–Kier alpha value is -0.190. The van der Waals surface area contributed by atoms with E-state index in [-0.39, 0.29) is 5.82 Å². The van der Waals surface area contributed by atoms with Crippen LogP contribution in [0, 0.1) is 5.82 Å². The van der Waals surface area contributed by atoms with E-state index in [9.17, 15) is 4.39 Å². The highest BCUT2D eigenvalue weighted by Crippen LogP contribution is 2.32. The molecule has 1 heterocycles. The lowest BCUT2D eigenvalue weighted by Crippen LogP contribution is -1.85. The number of nitrogens with zero attached hydrogens (tertiary/aromatic N) is 1. The van der Waals surface area contributed by atoms with Crippen LogP contribution in [0.15, 0.2) is 27.3 Å². The van der Waals surface area contributed by atoms with Crippen molar-refractivity contribution in [2.24, 2.45) is 0 Å². The van der Waals surface area contributed by atoms with E-state index in [0.29, 0.717) is 15.0 Å². The van der Waals surface area contributed by atoms with E-state index in [1.807, 2.05) is 0 Å². The number of pyridine rings is 1. The molecular weight excluding hydrogens is 336 g/mol. The first-order chi connectivity index (χ1) is 6.59. The van der Waals surface area contributed by atoms with Gasteiger partial charge in [0.05, 0.1) is 15.0 Å². The fourth-order valence-electron chi connectivity index (χ4n) is 1.13. The van der Waals surface area contributed by atoms with E-state index >= 15 is 0 Å². The van der Waals surface area contributed by atoms with Crippen molar-refractivity contribution in [2.75, 3.05) is 0 Å². The van der Waals surface area contributed by atoms with Gasteiger partial charge in [0.25, 0.3) is 0 Å². The van der Waals surface area contributed by atoms with Crippen LogP contribution in [0.2, 0.25) is 5.02 Å². The predicted octanol–water partition coefficient (Wildman–Crippen LogP) is 4.55. The molecule has 0 bridgehead atoms. The van der Waals surface area contributed by atoms with Crippen LogP contribution in [0.1, 0.15) is 0 Å². The molecule has 0 spiro atoms. The SMILES string of the molecule is Fc1cc2ncc(Cl)c(Br)c2cc1Br. The van der Waals surface area contributed by atoms with E-state index in [1.165, 1.54) is 12.3 Å². The van der Waals surface area contributed by atoms with Crippen molar-refractivity contribution in [3.05, 3.63) is 38.1 Å². The summed E-state index contributed by atoms with van der Waals surface area (Å²) < 4.78 is 14.3. The lowest BCUT2D eigenvalue weighted by molar-refractivity contribution is 0.623. The Morgan fingerprint density at radius 1 is 1.29 bits per heavy atom. The summed E-state index contributed by atoms with van der Waals surface area (Å²) in [4.78, 5) is 4.02. The second-order valence-corrected chi connectivity index (χ2v) is 4.76. The average Bonchev–Trinajstić information content (AvgIpc) is 2.15. The van der Waals surface area contributed by atoms with E-state index in [4.69, 9.17) is 11.6 Å². The minimum absolute atomic E-state index is 0.334. The first-order valence-electron chi connectivity index (χ1n) is 3.68. The van der Waals surface area contributed by atoms with Gasteiger partial charge in [0.15, 0.2) is 0 Å². The van der Waals surface area contributed by atoms with Crippen molar-refractivity contribution in [3.63, 3.8) is 0 Å². The van der Waals surface area contributed by atoms with Gasteiger partial charge in [-0.15, -0.1) is 0 Å². The third-order valence-corrected chi connectivity index (χ3v) is 3.78. The molecule has 0 aliphatic carbocycles. The van der Waals surface area contributed by atoms with Crippen LogP contribution < -0.4 is 0 Å². The fraction of sp³-hybridized carbons (Fsp3) is 0. The molecule has 0 atom stereocenters. The van der Waals surface area contributed by atoms with Crippen LogP contribution in [0.25, 0.3) is 10.9 Å². The molecule has 0 aliphatic rings. The van der Waals surface area contributed by atoms with Crippen molar-refractivity contribution < 1.29 is 4.39 Å². The van der Waals surface area contributed by atoms with Gasteiger partial charge in [0.1, 0.15) is 5.82 Å². The number of fused-ring (bicyclic) bond motifs is 1. The molecule has 1 nitrogen and oxygen atoms in total. The molecule has 0 radical (unpaired) electrons. The van der Waals surface area contributed by atoms with Gasteiger partial charge < -0.3 is 0 Å². The van der Waals surface area contributed by atoms with Crippen LogP contribution in [-0.2, 0) is 0 Å². The molecule has 1 aromatic heterocycles. The Bertz CT molecular complexity index is 516. The Balaban J connectivity index is 2.89. The van der Waals surface area contributed by atoms with Crippen molar-refractivity contribution in [1.82, 2.24) is 4.98 Å². The lowest BCUT2D eigenvalue weighted by Gasteiger charge is -2.03. The quantitative estimate of drug-likeness (QED) is 0.686. The average molecular weight is 339 g/mol. The second-order valence-electron chi connectivity index (χ2n) is 2.70. The summed E-state index contributed by atoms with van der Waals surface area (Å²) in [6, 6.07) is 3.01. The third kappa shape index (κ3) is 1.66. The molecular formula is C9H3Br2ClFN. The van der Waals surface area contributed by atoms with Crippen LogP contribution in [0.5, 0.6) is 0 Å². The molecule has 0 unspecified atom stereocenters. The van der Waals surface area contributed by atoms with E-state index in [0.717, 1.165) is 9.86 Å². The number of hydrogen-bond acceptors (Lipinski definition) is 1. The molecule has 0 aliphatic heterocycles. The minimum Gasteiger partial charge on any atom is -0.255 e. The molecule has 0 amide bonds. The number of halogens is 4. The number of aromatic nitrogens is 1. The van der Waals surface area contributed by atoms with Gasteiger partial charge in [-0.3, -0.25) is 4.98 Å². The first-order valence-corrected chi connectivity index (χ1v) is 5.65. The number of benzene rings is 1. The maximum atomic E-state index is 13.1. The molecule has 0 N–H and O–H groups in total. The van der Waals surface area contributed by atoms with Crippen molar-refractivity contribution in [1.29, 1.82) is 0 Å². The molecule has 5 heteroatoms. The molecule has 0 fully saturated rings. The van der Waals surface area contributed by atoms with Crippen LogP contribution >= 0.6 is 43.5 Å². The predicted molar refractivity (Wildman–Crippen MR) is 62.1 cm³/mol. The molecule has 14 heavy (non-hydrogen) atoms. The van der Waals surface area contributed by atoms with Crippen molar-refractivity contribution in [2.45, 2.75) is 0 Å². The largest absolute Gasteiger partial charge is 0.255 e. The van der Waals surface area contributed by atoms with Gasteiger partial charge in [-0.1, -0.05) is 11.6 Å². The smallest absolute Gasteiger partial charge is 0.139 e. The van der Waals surface area contributed by atoms with Crippen molar-refractivity contribution >= 4 is 54.4 Å². The summed E-state index contributed by atoms with van der Waals surface area (Å²) >= 11 is 12.3. The fourth-order valence-corrected chi connectivity index (χ4v) is 2.04. The summed E-state index contributed by atoms with van der Waals surface area (Å²) in [5, 5.41) is 1.29. The maximum Gasteiger partial charge on any atom is 0.139 e. The zero-order valence-electron chi connectivity index (χ0n) is 6.69. The monoisotopic (exact) mass is 337 g/mol. The van der Waals surface area contributed by atoms with E-state index < -0.39 is 0 Å². The molecule has 2 aromatic rings. The molecule has 2 rings (SSSR count). The Morgan fingerprint density at radius 2 is 2.00 bits per heavy atom. The topological polar surface area (TPSA) is 12.9 Å². The van der Waals surface area contributed by atoms with Gasteiger partial charge in [0.2, 0.25) is 0 Å². The van der Waals surface area contributed by atoms with Gasteiger partial charge in [-0.2, -0.15) is 0 Å². The molecule has 1 aromatic carbocycles. The maximum absolute atomic E-state index is 13.1. The van der Waals surface area contributed by atoms with Gasteiger partial charge in [-0.05, 0) is 37.9 Å². The van der Waals surface area contributed by atoms with Crippen LogP contribution in [0.3, 0.4) is 0 Å². The zero-order valence-corrected chi connectivity index (χ0v) is 10.6. The highest BCUT2D eigenvalue weighted by atomic mass is 79.9. The first kappa shape index (κ1) is 10.3. The highest BCUT2D eigenvalue weighted by Gasteiger charge is 2.08. The van der Waals surface area contributed by atoms with Crippen LogP contribution in [0.4, 0.5) is 4.39 Å². The Labute approximate surface area is 102 Å². The van der Waals surface area contributed by atoms with Crippen molar-refractivity contribution in [3.8, 4) is 0 Å². The highest BCUT2D eigenvalue weighted by molar-refractivity contribution is 9.11. The third-order valence-electron chi connectivity index (χ3n) is 1.80. The second kappa shape index (κ2) is 3.76. The summed E-state index contributed by atoms with van der Waals surface area (Å²) in [6.45, 7) is 0. The summed E-state index contributed by atoms with van der Waals surface area (Å²) in [5.41, 5.74) is 0.571. The van der Waals surface area contributed by atoms with Gasteiger partial charge >= 0.3 is 0 Å². The zero-order chi connectivity index (χ0) is 10.3. The Kier molecular flexibility index (Phi) is 2.77. The molecule has 0 saturated heterocycles. The normalized spacial score (nSPS) is 10.9. The molecule has 72 valence electrons. The standard InChI is InChI=1S/C9H3Br2ClFN/c10-5-1-4-8(2-7(5)13)14-3-6(12)9(4)11/h1-3H. The van der Waals surface area contributed by atoms with Crippen LogP contribution in [-0.4, -0.2) is 4.98 Å². The van der Waals surface area contributed by atoms with Gasteiger partial charge in [0, 0.05) is 22.1 Å². The summed E-state index contributed by atoms with van der Waals surface area (Å²) in [7, 11) is 0. The number of hydrogen-bond donors (Lipinski definition) is 0. The molecule has 0 saturated carbocycles. The summed E-state index contributed by atoms with van der Waals surface area (Å²) in [5.74, 6) is -0.334. The number of rotatable bonds is 0. The van der Waals surface area contributed by atoms with E-state index in [1.54, 1.807) is 6.07 Å².